The Morgan fingerprint density at radius 3 is 1.69 bits per heavy atom. The van der Waals surface area contributed by atoms with E-state index in [4.69, 9.17) is 10.1 Å². The van der Waals surface area contributed by atoms with E-state index in [2.05, 4.69) is 127 Å². The first-order valence-corrected chi connectivity index (χ1v) is 13.2. The van der Waals surface area contributed by atoms with Gasteiger partial charge >= 0.3 is 0 Å². The average molecular weight is 471 g/mol. The van der Waals surface area contributed by atoms with Gasteiger partial charge in [-0.2, -0.15) is 0 Å². The molecule has 3 heteroatoms. The molecule has 0 amide bonds. The molecule has 4 aromatic rings. The van der Waals surface area contributed by atoms with E-state index in [1.807, 2.05) is 12.1 Å². The fourth-order valence-electron chi connectivity index (χ4n) is 4.70. The van der Waals surface area contributed by atoms with Crippen molar-refractivity contribution in [2.45, 2.75) is 12.1 Å². The Hall–Kier alpha value is -3.87. The first-order valence-electron chi connectivity index (χ1n) is 11.9. The van der Waals surface area contributed by atoms with Crippen molar-refractivity contribution < 1.29 is 4.74 Å². The third-order valence-electron chi connectivity index (χ3n) is 6.34. The Morgan fingerprint density at radius 2 is 1.11 bits per heavy atom. The zero-order valence-electron chi connectivity index (χ0n) is 19.2. The fraction of sp³-hybridized carbons (Fsp3) is 0.0625. The van der Waals surface area contributed by atoms with Gasteiger partial charge in [-0.15, -0.1) is 0 Å². The molecule has 0 bridgehead atoms. The third kappa shape index (κ3) is 4.34. The van der Waals surface area contributed by atoms with Gasteiger partial charge < -0.3 is 10.1 Å². The van der Waals surface area contributed by atoms with Gasteiger partial charge in [0.05, 0.1) is 0 Å². The quantitative estimate of drug-likeness (QED) is 0.275. The number of hydrogen-bond acceptors (Lipinski definition) is 1. The minimum absolute atomic E-state index is 0.0870. The molecule has 0 aromatic heterocycles. The number of rotatable bonds is 5. The van der Waals surface area contributed by atoms with Crippen LogP contribution in [0.4, 0.5) is 0 Å². The molecule has 35 heavy (non-hydrogen) atoms. The molecule has 2 atom stereocenters. The van der Waals surface area contributed by atoms with Crippen molar-refractivity contribution in [1.82, 2.24) is 0 Å². The summed E-state index contributed by atoms with van der Waals surface area (Å²) in [6.45, 7) is 0. The molecule has 0 radical (unpaired) electrons. The summed E-state index contributed by atoms with van der Waals surface area (Å²) < 4.78 is 6.68. The minimum atomic E-state index is -0.744. The van der Waals surface area contributed by atoms with E-state index in [-0.39, 0.29) is 12.1 Å². The van der Waals surface area contributed by atoms with Crippen LogP contribution in [-0.4, -0.2) is 0 Å². The van der Waals surface area contributed by atoms with E-state index in [0.717, 1.165) is 22.6 Å². The van der Waals surface area contributed by atoms with Crippen LogP contribution in [0.1, 0.15) is 23.3 Å². The van der Waals surface area contributed by atoms with Crippen LogP contribution >= 0.6 is 7.92 Å². The third-order valence-corrected chi connectivity index (χ3v) is 8.84. The molecule has 4 aromatic carbocycles. The van der Waals surface area contributed by atoms with Crippen molar-refractivity contribution >= 4 is 18.5 Å². The summed E-state index contributed by atoms with van der Waals surface area (Å²) in [5.74, 6) is 0.729. The Morgan fingerprint density at radius 1 is 0.600 bits per heavy atom. The predicted octanol–water partition coefficient (Wildman–Crippen LogP) is 7.67. The summed E-state index contributed by atoms with van der Waals surface area (Å²) in [4.78, 5) is 0. The Labute approximate surface area is 208 Å². The van der Waals surface area contributed by atoms with Crippen LogP contribution in [-0.2, 0) is 4.74 Å². The number of hydrogen-bond donors (Lipinski definition) is 0. The van der Waals surface area contributed by atoms with E-state index in [1.54, 1.807) is 0 Å². The second-order valence-corrected chi connectivity index (χ2v) is 10.8. The van der Waals surface area contributed by atoms with Crippen molar-refractivity contribution in [2.75, 3.05) is 0 Å². The highest BCUT2D eigenvalue weighted by molar-refractivity contribution is 7.77. The van der Waals surface area contributed by atoms with E-state index >= 15 is 0 Å². The van der Waals surface area contributed by atoms with Crippen LogP contribution in [0, 0.1) is 0 Å². The van der Waals surface area contributed by atoms with Crippen LogP contribution in [0.15, 0.2) is 156 Å². The standard InChI is InChI=1S/C32H25NOP/c1-5-14-24(15-6-1)30-31(25-16-7-2-8-17-25)34-32(33-30)28-22-13-23-29(28)35(26-18-9-3-10-19-26)27-20-11-4-12-21-27/h1-23,30-31H/q-1/b32-28+. The molecule has 1 aliphatic carbocycles. The van der Waals surface area contributed by atoms with Gasteiger partial charge in [-0.25, -0.2) is 0 Å². The first-order chi connectivity index (χ1) is 17.4. The highest BCUT2D eigenvalue weighted by atomic mass is 31.1. The van der Waals surface area contributed by atoms with Gasteiger partial charge in [0.2, 0.25) is 0 Å². The topological polar surface area (TPSA) is 23.3 Å². The van der Waals surface area contributed by atoms with Gasteiger partial charge in [0.25, 0.3) is 0 Å². The molecule has 0 spiro atoms. The lowest BCUT2D eigenvalue weighted by Crippen LogP contribution is -2.13. The SMILES string of the molecule is C1=C/C(=C2/[N-]C(c3ccccc3)C(c3ccccc3)O2)C(P(c2ccccc2)c2ccccc2)=C1. The maximum Gasteiger partial charge on any atom is 0.112 e. The summed E-state index contributed by atoms with van der Waals surface area (Å²) >= 11 is 0. The molecule has 2 aliphatic rings. The number of ether oxygens (including phenoxy) is 1. The van der Waals surface area contributed by atoms with Crippen molar-refractivity contribution in [3.05, 3.63) is 173 Å². The van der Waals surface area contributed by atoms with Crippen LogP contribution in [0.3, 0.4) is 0 Å². The second-order valence-electron chi connectivity index (χ2n) is 8.57. The monoisotopic (exact) mass is 470 g/mol. The van der Waals surface area contributed by atoms with Crippen LogP contribution in [0.2, 0.25) is 0 Å². The summed E-state index contributed by atoms with van der Waals surface area (Å²) in [7, 11) is -0.744. The zero-order chi connectivity index (χ0) is 23.5. The largest absolute Gasteiger partial charge is 0.644 e. The van der Waals surface area contributed by atoms with Crippen molar-refractivity contribution in [3.8, 4) is 0 Å². The van der Waals surface area contributed by atoms with Gasteiger partial charge in [-0.05, 0) is 35.5 Å². The average Bonchev–Trinajstić information content (AvgIpc) is 3.59. The van der Waals surface area contributed by atoms with Gasteiger partial charge in [0.15, 0.2) is 0 Å². The summed E-state index contributed by atoms with van der Waals surface area (Å²) in [6.07, 6.45) is 6.37. The molecule has 1 saturated heterocycles. The smallest absolute Gasteiger partial charge is 0.112 e. The molecule has 2 unspecified atom stereocenters. The van der Waals surface area contributed by atoms with Crippen LogP contribution in [0.25, 0.3) is 5.32 Å². The zero-order valence-corrected chi connectivity index (χ0v) is 20.1. The molecule has 1 heterocycles. The van der Waals surface area contributed by atoms with E-state index < -0.39 is 7.92 Å². The summed E-state index contributed by atoms with van der Waals surface area (Å²) in [5, 5.41) is 9.11. The van der Waals surface area contributed by atoms with Crippen molar-refractivity contribution in [3.63, 3.8) is 0 Å². The van der Waals surface area contributed by atoms with Gasteiger partial charge in [-0.3, -0.25) is 0 Å². The summed E-state index contributed by atoms with van der Waals surface area (Å²) in [5.41, 5.74) is 3.39. The van der Waals surface area contributed by atoms with E-state index in [0.29, 0.717) is 0 Å². The van der Waals surface area contributed by atoms with Crippen LogP contribution < -0.4 is 10.6 Å². The number of benzene rings is 4. The van der Waals surface area contributed by atoms with Gasteiger partial charge in [-0.1, -0.05) is 145 Å². The lowest BCUT2D eigenvalue weighted by Gasteiger charge is -2.27. The van der Waals surface area contributed by atoms with E-state index in [1.165, 1.54) is 15.9 Å². The second kappa shape index (κ2) is 9.78. The maximum absolute atomic E-state index is 6.68. The van der Waals surface area contributed by atoms with Gasteiger partial charge in [0.1, 0.15) is 6.10 Å². The molecule has 170 valence electrons. The molecule has 0 N–H and O–H groups in total. The minimum Gasteiger partial charge on any atom is -0.644 e. The molecule has 1 fully saturated rings. The molecule has 0 saturated carbocycles. The lowest BCUT2D eigenvalue weighted by atomic mass is 9.97. The van der Waals surface area contributed by atoms with Crippen molar-refractivity contribution in [1.29, 1.82) is 0 Å². The number of allylic oxidation sites excluding steroid dienone is 5. The maximum atomic E-state index is 6.68. The predicted molar refractivity (Wildman–Crippen MR) is 146 cm³/mol. The first kappa shape index (κ1) is 21.6. The van der Waals surface area contributed by atoms with E-state index in [9.17, 15) is 0 Å². The lowest BCUT2D eigenvalue weighted by molar-refractivity contribution is 0.150. The Kier molecular flexibility index (Phi) is 6.05. The molecule has 1 aliphatic heterocycles. The normalized spacial score (nSPS) is 21.0. The fourth-order valence-corrected chi connectivity index (χ4v) is 7.14. The summed E-state index contributed by atoms with van der Waals surface area (Å²) in [6, 6.07) is 42.4. The Bertz CT molecular complexity index is 1290. The molecule has 6 rings (SSSR count). The number of nitrogens with zero attached hydrogens (tertiary/aromatic N) is 1. The Balaban J connectivity index is 1.43. The molecule has 2 nitrogen and oxygen atoms in total. The highest BCUT2D eigenvalue weighted by Gasteiger charge is 2.30. The highest BCUT2D eigenvalue weighted by Crippen LogP contribution is 2.55. The molecular formula is C32H25NOP-. The molecular weight excluding hydrogens is 445 g/mol. The van der Waals surface area contributed by atoms with Crippen molar-refractivity contribution in [2.24, 2.45) is 0 Å². The van der Waals surface area contributed by atoms with Crippen LogP contribution in [0.5, 0.6) is 0 Å². The van der Waals surface area contributed by atoms with Gasteiger partial charge in [0, 0.05) is 11.5 Å².